The topological polar surface area (TPSA) is 49.8 Å². The maximum Gasteiger partial charge on any atom is 0.193 e. The highest BCUT2D eigenvalue weighted by Crippen LogP contribution is 2.15. The summed E-state index contributed by atoms with van der Waals surface area (Å²) < 4.78 is 19.0. The van der Waals surface area contributed by atoms with Crippen molar-refractivity contribution in [2.24, 2.45) is 4.99 Å². The van der Waals surface area contributed by atoms with Crippen LogP contribution >= 0.6 is 11.3 Å². The maximum absolute atomic E-state index is 13.5. The van der Waals surface area contributed by atoms with Gasteiger partial charge in [-0.1, -0.05) is 12.1 Å². The number of para-hydroxylation sites is 1. The summed E-state index contributed by atoms with van der Waals surface area (Å²) in [6.45, 7) is 3.79. The number of rotatable bonds is 7. The fourth-order valence-corrected chi connectivity index (χ4v) is 2.93. The Hall–Kier alpha value is -2.15. The summed E-state index contributed by atoms with van der Waals surface area (Å²) in [4.78, 5) is 11.8. The number of halogens is 1. The predicted octanol–water partition coefficient (Wildman–Crippen LogP) is 2.72. The van der Waals surface area contributed by atoms with E-state index in [1.807, 2.05) is 18.1 Å². The molecular formula is C17H23FN4OS. The van der Waals surface area contributed by atoms with E-state index >= 15 is 0 Å². The molecule has 0 aliphatic rings. The van der Waals surface area contributed by atoms with Crippen molar-refractivity contribution in [2.45, 2.75) is 13.3 Å². The van der Waals surface area contributed by atoms with Gasteiger partial charge in [-0.15, -0.1) is 11.3 Å². The van der Waals surface area contributed by atoms with Gasteiger partial charge in [-0.3, -0.25) is 4.99 Å². The van der Waals surface area contributed by atoms with E-state index in [9.17, 15) is 4.39 Å². The summed E-state index contributed by atoms with van der Waals surface area (Å²) >= 11 is 1.71. The molecule has 24 heavy (non-hydrogen) atoms. The first kappa shape index (κ1) is 18.2. The maximum atomic E-state index is 13.5. The highest BCUT2D eigenvalue weighted by Gasteiger charge is 2.07. The van der Waals surface area contributed by atoms with Gasteiger partial charge in [-0.05, 0) is 19.1 Å². The van der Waals surface area contributed by atoms with Crippen LogP contribution in [0.2, 0.25) is 0 Å². The van der Waals surface area contributed by atoms with Crippen molar-refractivity contribution in [3.63, 3.8) is 0 Å². The van der Waals surface area contributed by atoms with Crippen LogP contribution < -0.4 is 10.1 Å². The van der Waals surface area contributed by atoms with E-state index in [1.54, 1.807) is 36.6 Å². The molecule has 0 amide bonds. The highest BCUT2D eigenvalue weighted by atomic mass is 32.1. The monoisotopic (exact) mass is 350 g/mol. The zero-order valence-corrected chi connectivity index (χ0v) is 15.1. The van der Waals surface area contributed by atoms with Crippen LogP contribution in [0.25, 0.3) is 0 Å². The molecule has 0 atom stereocenters. The average Bonchev–Trinajstić information content (AvgIpc) is 2.98. The van der Waals surface area contributed by atoms with Crippen LogP contribution in [0.3, 0.4) is 0 Å². The zero-order valence-electron chi connectivity index (χ0n) is 14.3. The van der Waals surface area contributed by atoms with Crippen molar-refractivity contribution in [3.8, 4) is 5.75 Å². The molecule has 2 aromatic rings. The van der Waals surface area contributed by atoms with Crippen molar-refractivity contribution >= 4 is 17.3 Å². The third kappa shape index (κ3) is 5.49. The first-order chi connectivity index (χ1) is 11.6. The minimum absolute atomic E-state index is 0.271. The van der Waals surface area contributed by atoms with Crippen molar-refractivity contribution in [1.29, 1.82) is 0 Å². The molecule has 0 unspecified atom stereocenters. The number of aryl methyl sites for hydroxylation is 1. The van der Waals surface area contributed by atoms with E-state index in [0.717, 1.165) is 23.9 Å². The molecule has 2 rings (SSSR count). The summed E-state index contributed by atoms with van der Waals surface area (Å²) in [5, 5.41) is 4.41. The van der Waals surface area contributed by atoms with Crippen LogP contribution in [0.4, 0.5) is 4.39 Å². The molecule has 5 nitrogen and oxygen atoms in total. The second kappa shape index (κ2) is 9.22. The molecule has 0 spiro atoms. The molecule has 1 aromatic carbocycles. The van der Waals surface area contributed by atoms with Crippen LogP contribution in [0.15, 0.2) is 35.5 Å². The van der Waals surface area contributed by atoms with Gasteiger partial charge in [0, 0.05) is 38.1 Å². The second-order valence-electron chi connectivity index (χ2n) is 5.29. The number of nitrogens with one attached hydrogen (secondary N) is 1. The van der Waals surface area contributed by atoms with Gasteiger partial charge in [0.05, 0.1) is 11.6 Å². The number of ether oxygens (including phenoxy) is 1. The van der Waals surface area contributed by atoms with E-state index in [0.29, 0.717) is 13.2 Å². The number of thiazole rings is 1. The summed E-state index contributed by atoms with van der Waals surface area (Å²) in [6, 6.07) is 6.41. The van der Waals surface area contributed by atoms with Gasteiger partial charge in [-0.25, -0.2) is 9.37 Å². The lowest BCUT2D eigenvalue weighted by molar-refractivity contribution is 0.270. The molecule has 0 fully saturated rings. The van der Waals surface area contributed by atoms with Crippen molar-refractivity contribution in [1.82, 2.24) is 15.2 Å². The minimum atomic E-state index is -0.346. The Morgan fingerprint density at radius 2 is 2.21 bits per heavy atom. The van der Waals surface area contributed by atoms with Crippen LogP contribution in [-0.4, -0.2) is 49.6 Å². The molecule has 1 aromatic heterocycles. The fourth-order valence-electron chi connectivity index (χ4n) is 2.14. The Morgan fingerprint density at radius 3 is 2.88 bits per heavy atom. The Kier molecular flexibility index (Phi) is 6.99. The first-order valence-corrected chi connectivity index (χ1v) is 8.62. The van der Waals surface area contributed by atoms with E-state index < -0.39 is 0 Å². The molecule has 130 valence electrons. The number of nitrogens with zero attached hydrogens (tertiary/aromatic N) is 3. The lowest BCUT2D eigenvalue weighted by Gasteiger charge is -2.22. The number of likely N-dealkylation sites (N-methyl/N-ethyl adjacent to an activating group) is 1. The Balaban J connectivity index is 1.73. The highest BCUT2D eigenvalue weighted by molar-refractivity contribution is 7.11. The normalized spacial score (nSPS) is 11.4. The lowest BCUT2D eigenvalue weighted by atomic mass is 10.3. The third-order valence-electron chi connectivity index (χ3n) is 3.39. The second-order valence-corrected chi connectivity index (χ2v) is 6.61. The van der Waals surface area contributed by atoms with Gasteiger partial charge in [0.2, 0.25) is 0 Å². The van der Waals surface area contributed by atoms with E-state index in [2.05, 4.69) is 22.2 Å². The standard InChI is InChI=1S/C17H23FN4OS/c1-13-12-21-16(24-13)8-9-20-17(19-2)22(3)10-11-23-15-7-5-4-6-14(15)18/h4-7,12H,8-11H2,1-3H3,(H,19,20). The van der Waals surface area contributed by atoms with Gasteiger partial charge in [-0.2, -0.15) is 0 Å². The number of guanidine groups is 1. The van der Waals surface area contributed by atoms with Crippen molar-refractivity contribution in [3.05, 3.63) is 46.2 Å². The Morgan fingerprint density at radius 1 is 1.42 bits per heavy atom. The Labute approximate surface area is 146 Å². The van der Waals surface area contributed by atoms with Crippen LogP contribution in [0.5, 0.6) is 5.75 Å². The SMILES string of the molecule is CN=C(NCCc1ncc(C)s1)N(C)CCOc1ccccc1F. The van der Waals surface area contributed by atoms with Crippen molar-refractivity contribution < 1.29 is 9.13 Å². The van der Waals surface area contributed by atoms with Gasteiger partial charge < -0.3 is 15.0 Å². The lowest BCUT2D eigenvalue weighted by Crippen LogP contribution is -2.41. The number of hydrogen-bond acceptors (Lipinski definition) is 4. The van der Waals surface area contributed by atoms with Crippen molar-refractivity contribution in [2.75, 3.05) is 33.8 Å². The predicted molar refractivity (Wildman–Crippen MR) is 96.4 cm³/mol. The number of aliphatic imine (C=N–C) groups is 1. The summed E-state index contributed by atoms with van der Waals surface area (Å²) in [7, 11) is 3.66. The van der Waals surface area contributed by atoms with Crippen LogP contribution in [-0.2, 0) is 6.42 Å². The molecule has 1 N–H and O–H groups in total. The molecule has 0 bridgehead atoms. The number of benzene rings is 1. The zero-order chi connectivity index (χ0) is 17.4. The number of aromatic nitrogens is 1. The molecule has 0 saturated heterocycles. The first-order valence-electron chi connectivity index (χ1n) is 7.80. The smallest absolute Gasteiger partial charge is 0.193 e. The van der Waals surface area contributed by atoms with E-state index in [1.165, 1.54) is 10.9 Å². The quantitative estimate of drug-likeness (QED) is 0.616. The average molecular weight is 350 g/mol. The van der Waals surface area contributed by atoms with Crippen LogP contribution in [0, 0.1) is 12.7 Å². The fraction of sp³-hybridized carbons (Fsp3) is 0.412. The van der Waals surface area contributed by atoms with E-state index in [4.69, 9.17) is 4.74 Å². The van der Waals surface area contributed by atoms with Gasteiger partial charge in [0.25, 0.3) is 0 Å². The molecule has 0 aliphatic carbocycles. The van der Waals surface area contributed by atoms with Gasteiger partial charge in [0.15, 0.2) is 17.5 Å². The van der Waals surface area contributed by atoms with Crippen LogP contribution in [0.1, 0.15) is 9.88 Å². The summed E-state index contributed by atoms with van der Waals surface area (Å²) in [6.07, 6.45) is 2.75. The molecule has 7 heteroatoms. The largest absolute Gasteiger partial charge is 0.489 e. The van der Waals surface area contributed by atoms with Gasteiger partial charge >= 0.3 is 0 Å². The van der Waals surface area contributed by atoms with Gasteiger partial charge in [0.1, 0.15) is 6.61 Å². The Bertz CT molecular complexity index is 674. The molecule has 0 saturated carbocycles. The molecule has 0 aliphatic heterocycles. The summed E-state index contributed by atoms with van der Waals surface area (Å²) in [5.41, 5.74) is 0. The molecule has 0 radical (unpaired) electrons. The molecular weight excluding hydrogens is 327 g/mol. The number of hydrogen-bond donors (Lipinski definition) is 1. The molecule has 1 heterocycles. The minimum Gasteiger partial charge on any atom is -0.489 e. The van der Waals surface area contributed by atoms with E-state index in [-0.39, 0.29) is 11.6 Å². The summed E-state index contributed by atoms with van der Waals surface area (Å²) in [5.74, 6) is 0.704. The third-order valence-corrected chi connectivity index (χ3v) is 4.36.